The van der Waals surface area contributed by atoms with Crippen LogP contribution in [0.3, 0.4) is 0 Å². The Morgan fingerprint density at radius 2 is 2.12 bits per heavy atom. The maximum atomic E-state index is 12.7. The minimum Gasteiger partial charge on any atom is -0.336 e. The molecule has 0 unspecified atom stereocenters. The summed E-state index contributed by atoms with van der Waals surface area (Å²) >= 11 is 1.10. The van der Waals surface area contributed by atoms with Crippen molar-refractivity contribution in [1.82, 2.24) is 14.9 Å². The summed E-state index contributed by atoms with van der Waals surface area (Å²) in [5.74, 6) is 6.49. The summed E-state index contributed by atoms with van der Waals surface area (Å²) in [4.78, 5) is 12.2. The van der Waals surface area contributed by atoms with Gasteiger partial charge < -0.3 is 11.2 Å². The summed E-state index contributed by atoms with van der Waals surface area (Å²) in [5, 5.41) is 10.3. The molecule has 1 amide bonds. The lowest BCUT2D eigenvalue weighted by atomic mass is 10.2. The highest BCUT2D eigenvalue weighted by atomic mass is 32.2. The topological polar surface area (TPSA) is 85.8 Å². The van der Waals surface area contributed by atoms with Crippen molar-refractivity contribution in [3.8, 4) is 0 Å². The van der Waals surface area contributed by atoms with Gasteiger partial charge in [0.1, 0.15) is 0 Å². The van der Waals surface area contributed by atoms with Gasteiger partial charge in [0, 0.05) is 11.6 Å². The predicted octanol–water partition coefficient (Wildman–Crippen LogP) is 3.01. The molecule has 0 saturated heterocycles. The Bertz CT molecular complexity index is 788. The second-order valence-corrected chi connectivity index (χ2v) is 7.12. The number of thioether (sulfide) groups is 1. The second-order valence-electron chi connectivity index (χ2n) is 5.81. The van der Waals surface area contributed by atoms with Crippen LogP contribution in [-0.4, -0.2) is 26.0 Å². The molecule has 3 rings (SSSR count). The van der Waals surface area contributed by atoms with Crippen LogP contribution < -0.4 is 11.2 Å². The Balaban J connectivity index is 1.65. The van der Waals surface area contributed by atoms with Crippen LogP contribution >= 0.6 is 11.8 Å². The number of aromatic nitrogens is 3. The van der Waals surface area contributed by atoms with Crippen molar-refractivity contribution in [2.45, 2.75) is 42.3 Å². The molecule has 1 atom stereocenters. The van der Waals surface area contributed by atoms with Crippen molar-refractivity contribution >= 4 is 23.4 Å². The van der Waals surface area contributed by atoms with Crippen LogP contribution in [0.2, 0.25) is 0 Å². The van der Waals surface area contributed by atoms with Crippen molar-refractivity contribution < 1.29 is 18.0 Å². The monoisotopic (exact) mass is 371 g/mol. The molecule has 3 N–H and O–H groups in total. The number of hydrogen-bond donors (Lipinski definition) is 2. The van der Waals surface area contributed by atoms with E-state index >= 15 is 0 Å². The van der Waals surface area contributed by atoms with E-state index < -0.39 is 22.9 Å². The Kier molecular flexibility index (Phi) is 4.63. The number of amides is 1. The molecule has 1 aromatic carbocycles. The summed E-state index contributed by atoms with van der Waals surface area (Å²) in [6, 6.07) is 4.49. The summed E-state index contributed by atoms with van der Waals surface area (Å²) < 4.78 is 39.5. The van der Waals surface area contributed by atoms with Gasteiger partial charge in [-0.15, -0.1) is 10.2 Å². The molecule has 1 heterocycles. The molecule has 0 radical (unpaired) electrons. The first kappa shape index (κ1) is 17.6. The number of alkyl halides is 3. The van der Waals surface area contributed by atoms with Crippen LogP contribution in [0.5, 0.6) is 0 Å². The SMILES string of the molecule is C[C@H](Sc1nnc(C2CC2)n1N)C(=O)Nc1cccc(C(F)(F)F)c1. The van der Waals surface area contributed by atoms with Crippen LogP contribution in [0.4, 0.5) is 18.9 Å². The smallest absolute Gasteiger partial charge is 0.336 e. The lowest BCUT2D eigenvalue weighted by molar-refractivity contribution is -0.137. The summed E-state index contributed by atoms with van der Waals surface area (Å²) in [5.41, 5.74) is -0.735. The molecule has 1 fully saturated rings. The van der Waals surface area contributed by atoms with Crippen LogP contribution in [-0.2, 0) is 11.0 Å². The maximum Gasteiger partial charge on any atom is 0.416 e. The molecule has 134 valence electrons. The molecule has 25 heavy (non-hydrogen) atoms. The van der Waals surface area contributed by atoms with Crippen LogP contribution in [0.1, 0.15) is 37.1 Å². The third-order valence-corrected chi connectivity index (χ3v) is 4.80. The molecule has 1 aliphatic carbocycles. The van der Waals surface area contributed by atoms with Gasteiger partial charge in [0.25, 0.3) is 0 Å². The van der Waals surface area contributed by atoms with Gasteiger partial charge in [0.15, 0.2) is 5.82 Å². The molecule has 0 bridgehead atoms. The number of carbonyl (C=O) groups is 1. The Morgan fingerprint density at radius 3 is 2.76 bits per heavy atom. The number of benzene rings is 1. The third-order valence-electron chi connectivity index (χ3n) is 3.74. The number of anilines is 1. The number of nitrogens with one attached hydrogen (secondary N) is 1. The number of nitrogen functional groups attached to an aromatic ring is 1. The van der Waals surface area contributed by atoms with Crippen LogP contribution in [0, 0.1) is 0 Å². The normalized spacial score (nSPS) is 15.8. The fourth-order valence-electron chi connectivity index (χ4n) is 2.22. The molecule has 0 aliphatic heterocycles. The van der Waals surface area contributed by atoms with Gasteiger partial charge in [-0.25, -0.2) is 4.68 Å². The van der Waals surface area contributed by atoms with Gasteiger partial charge in [-0.1, -0.05) is 17.8 Å². The Morgan fingerprint density at radius 1 is 1.40 bits per heavy atom. The largest absolute Gasteiger partial charge is 0.416 e. The van der Waals surface area contributed by atoms with E-state index in [2.05, 4.69) is 15.5 Å². The molecular formula is C15H16F3N5OS. The zero-order valence-corrected chi connectivity index (χ0v) is 14.1. The zero-order chi connectivity index (χ0) is 18.2. The van der Waals surface area contributed by atoms with Gasteiger partial charge in [0.2, 0.25) is 11.1 Å². The summed E-state index contributed by atoms with van der Waals surface area (Å²) in [6.07, 6.45) is -2.42. The number of carbonyl (C=O) groups excluding carboxylic acids is 1. The third kappa shape index (κ3) is 4.06. The van der Waals surface area contributed by atoms with Crippen molar-refractivity contribution in [3.05, 3.63) is 35.7 Å². The highest BCUT2D eigenvalue weighted by molar-refractivity contribution is 8.00. The first-order valence-electron chi connectivity index (χ1n) is 7.61. The number of nitrogens with zero attached hydrogens (tertiary/aromatic N) is 3. The zero-order valence-electron chi connectivity index (χ0n) is 13.2. The number of rotatable bonds is 5. The summed E-state index contributed by atoms with van der Waals surface area (Å²) in [6.45, 7) is 1.62. The molecule has 10 heteroatoms. The van der Waals surface area contributed by atoms with Crippen LogP contribution in [0.15, 0.2) is 29.4 Å². The van der Waals surface area contributed by atoms with Gasteiger partial charge >= 0.3 is 6.18 Å². The van der Waals surface area contributed by atoms with Gasteiger partial charge in [-0.05, 0) is 38.0 Å². The molecule has 1 aromatic heterocycles. The average molecular weight is 371 g/mol. The maximum absolute atomic E-state index is 12.7. The molecule has 2 aromatic rings. The number of nitrogens with two attached hydrogens (primary N) is 1. The molecular weight excluding hydrogens is 355 g/mol. The van der Waals surface area contributed by atoms with Crippen molar-refractivity contribution in [2.75, 3.05) is 11.2 Å². The van der Waals surface area contributed by atoms with Crippen molar-refractivity contribution in [2.24, 2.45) is 0 Å². The number of hydrogen-bond acceptors (Lipinski definition) is 5. The van der Waals surface area contributed by atoms with E-state index in [1.807, 2.05) is 0 Å². The van der Waals surface area contributed by atoms with E-state index in [1.54, 1.807) is 6.92 Å². The molecule has 6 nitrogen and oxygen atoms in total. The first-order valence-corrected chi connectivity index (χ1v) is 8.49. The molecule has 0 spiro atoms. The van der Waals surface area contributed by atoms with Crippen molar-refractivity contribution in [3.63, 3.8) is 0 Å². The second kappa shape index (κ2) is 6.58. The van der Waals surface area contributed by atoms with Crippen LogP contribution in [0.25, 0.3) is 0 Å². The fourth-order valence-corrected chi connectivity index (χ4v) is 2.99. The van der Waals surface area contributed by atoms with E-state index in [0.29, 0.717) is 16.9 Å². The molecule has 1 aliphatic rings. The highest BCUT2D eigenvalue weighted by Gasteiger charge is 2.32. The standard InChI is InChI=1S/C15H16F3N5OS/c1-8(25-14-22-21-12(23(14)19)9-5-6-9)13(24)20-11-4-2-3-10(7-11)15(16,17)18/h2-4,7-9H,5-6,19H2,1H3,(H,20,24)/t8-/m0/s1. The van der Waals surface area contributed by atoms with E-state index in [4.69, 9.17) is 5.84 Å². The van der Waals surface area contributed by atoms with Gasteiger partial charge in [0.05, 0.1) is 10.8 Å². The molecule has 1 saturated carbocycles. The summed E-state index contributed by atoms with van der Waals surface area (Å²) in [7, 11) is 0. The van der Waals surface area contributed by atoms with Gasteiger partial charge in [-0.2, -0.15) is 13.2 Å². The highest BCUT2D eigenvalue weighted by Crippen LogP contribution is 2.39. The Labute approximate surface area is 146 Å². The van der Waals surface area contributed by atoms with E-state index in [1.165, 1.54) is 16.8 Å². The lowest BCUT2D eigenvalue weighted by Crippen LogP contribution is -2.24. The Hall–Kier alpha value is -2.23. The lowest BCUT2D eigenvalue weighted by Gasteiger charge is -2.13. The minimum absolute atomic E-state index is 0.0835. The van der Waals surface area contributed by atoms with Gasteiger partial charge in [-0.3, -0.25) is 4.79 Å². The van der Waals surface area contributed by atoms with E-state index in [-0.39, 0.29) is 5.69 Å². The van der Waals surface area contributed by atoms with E-state index in [9.17, 15) is 18.0 Å². The minimum atomic E-state index is -4.46. The average Bonchev–Trinajstić information content (AvgIpc) is 3.32. The quantitative estimate of drug-likeness (QED) is 0.623. The predicted molar refractivity (Wildman–Crippen MR) is 87.5 cm³/mol. The number of halogens is 3. The first-order chi connectivity index (χ1) is 11.8. The van der Waals surface area contributed by atoms with Crippen molar-refractivity contribution in [1.29, 1.82) is 0 Å². The fraction of sp³-hybridized carbons (Fsp3) is 0.400. The van der Waals surface area contributed by atoms with E-state index in [0.717, 1.165) is 36.7 Å².